The van der Waals surface area contributed by atoms with Crippen LogP contribution in [0.5, 0.6) is 0 Å². The first-order valence-electron chi connectivity index (χ1n) is 7.07. The number of anilines is 1. The van der Waals surface area contributed by atoms with Gasteiger partial charge in [0.05, 0.1) is 0 Å². The van der Waals surface area contributed by atoms with Gasteiger partial charge in [0.15, 0.2) is 0 Å². The lowest BCUT2D eigenvalue weighted by atomic mass is 9.81. The molecular weight excluding hydrogens is 222 g/mol. The van der Waals surface area contributed by atoms with E-state index in [1.807, 2.05) is 0 Å². The van der Waals surface area contributed by atoms with Gasteiger partial charge in [0.25, 0.3) is 0 Å². The Kier molecular flexibility index (Phi) is 3.60. The lowest BCUT2D eigenvalue weighted by molar-refractivity contribution is 0.327. The summed E-state index contributed by atoms with van der Waals surface area (Å²) in [6, 6.07) is 0. The van der Waals surface area contributed by atoms with E-state index in [0.29, 0.717) is 5.92 Å². The molecule has 0 aliphatic heterocycles. The zero-order chi connectivity index (χ0) is 13.3. The highest BCUT2D eigenvalue weighted by Crippen LogP contribution is 2.35. The molecule has 0 saturated heterocycles. The van der Waals surface area contributed by atoms with Gasteiger partial charge in [-0.15, -0.1) is 0 Å². The molecule has 0 aromatic carbocycles. The summed E-state index contributed by atoms with van der Waals surface area (Å²) in [5, 5.41) is 3.40. The van der Waals surface area contributed by atoms with Crippen molar-refractivity contribution in [1.82, 2.24) is 9.97 Å². The zero-order valence-electron chi connectivity index (χ0n) is 12.3. The first-order chi connectivity index (χ1) is 8.43. The van der Waals surface area contributed by atoms with Gasteiger partial charge < -0.3 is 5.32 Å². The van der Waals surface area contributed by atoms with Crippen molar-refractivity contribution in [1.29, 1.82) is 0 Å². The smallest absolute Gasteiger partial charge is 0.134 e. The third kappa shape index (κ3) is 2.50. The molecule has 1 aromatic rings. The predicted octanol–water partition coefficient (Wildman–Crippen LogP) is 3.55. The Hall–Kier alpha value is -1.12. The molecule has 0 spiro atoms. The maximum Gasteiger partial charge on any atom is 0.134 e. The minimum absolute atomic E-state index is 0.205. The fourth-order valence-corrected chi connectivity index (χ4v) is 2.35. The number of hydrogen-bond acceptors (Lipinski definition) is 3. The van der Waals surface area contributed by atoms with Crippen molar-refractivity contribution >= 4 is 5.82 Å². The van der Waals surface area contributed by atoms with Gasteiger partial charge in [-0.25, -0.2) is 9.97 Å². The van der Waals surface area contributed by atoms with Crippen molar-refractivity contribution < 1.29 is 0 Å². The third-order valence-electron chi connectivity index (χ3n) is 3.98. The van der Waals surface area contributed by atoms with Crippen molar-refractivity contribution in [3.63, 3.8) is 0 Å². The van der Waals surface area contributed by atoms with E-state index in [0.717, 1.165) is 31.0 Å². The number of rotatable bonds is 3. The Balaban J connectivity index is 2.41. The largest absolute Gasteiger partial charge is 0.370 e. The van der Waals surface area contributed by atoms with Crippen molar-refractivity contribution in [2.24, 2.45) is 5.41 Å². The fourth-order valence-electron chi connectivity index (χ4n) is 2.35. The normalized spacial score (nSPS) is 16.5. The highest BCUT2D eigenvalue weighted by Gasteiger charge is 2.27. The van der Waals surface area contributed by atoms with Crippen molar-refractivity contribution in [3.8, 4) is 0 Å². The monoisotopic (exact) mass is 247 g/mol. The van der Waals surface area contributed by atoms with Crippen LogP contribution in [0.1, 0.15) is 64.0 Å². The van der Waals surface area contributed by atoms with Crippen LogP contribution in [0.4, 0.5) is 5.82 Å². The quantitative estimate of drug-likeness (QED) is 0.887. The molecule has 0 amide bonds. The van der Waals surface area contributed by atoms with Crippen LogP contribution >= 0.6 is 0 Å². The van der Waals surface area contributed by atoms with E-state index in [2.05, 4.69) is 39.9 Å². The van der Waals surface area contributed by atoms with E-state index in [1.165, 1.54) is 17.7 Å². The molecule has 1 heterocycles. The maximum atomic E-state index is 4.81. The standard InChI is InChI=1S/C15H25N3/c1-6-16-14-11-8-7-9-12(11)17-13(18-14)10(2)15(3,4)5/h10H,6-9H2,1-5H3,(H,16,17,18). The van der Waals surface area contributed by atoms with E-state index in [9.17, 15) is 0 Å². The van der Waals surface area contributed by atoms with Gasteiger partial charge in [0, 0.05) is 23.7 Å². The summed E-state index contributed by atoms with van der Waals surface area (Å²) in [5.74, 6) is 2.45. The Bertz CT molecular complexity index is 432. The predicted molar refractivity (Wildman–Crippen MR) is 76.1 cm³/mol. The molecule has 1 aliphatic rings. The van der Waals surface area contributed by atoms with Crippen LogP contribution in [0, 0.1) is 5.41 Å². The Morgan fingerprint density at radius 1 is 1.22 bits per heavy atom. The summed E-state index contributed by atoms with van der Waals surface area (Å²) in [6.07, 6.45) is 3.46. The lowest BCUT2D eigenvalue weighted by Crippen LogP contribution is -2.19. The van der Waals surface area contributed by atoms with Crippen molar-refractivity contribution in [2.75, 3.05) is 11.9 Å². The van der Waals surface area contributed by atoms with Gasteiger partial charge in [-0.2, -0.15) is 0 Å². The molecule has 2 rings (SSSR count). The number of fused-ring (bicyclic) bond motifs is 1. The summed E-state index contributed by atoms with van der Waals surface area (Å²) in [5.41, 5.74) is 2.82. The van der Waals surface area contributed by atoms with Gasteiger partial charge in [0.2, 0.25) is 0 Å². The minimum atomic E-state index is 0.205. The first kappa shape index (κ1) is 13.3. The molecular formula is C15H25N3. The number of aryl methyl sites for hydroxylation is 1. The van der Waals surface area contributed by atoms with Gasteiger partial charge >= 0.3 is 0 Å². The SMILES string of the molecule is CCNc1nc(C(C)C(C)(C)C)nc2c1CCC2. The van der Waals surface area contributed by atoms with E-state index >= 15 is 0 Å². The van der Waals surface area contributed by atoms with Crippen LogP contribution in [0.15, 0.2) is 0 Å². The molecule has 1 aliphatic carbocycles. The second-order valence-electron chi connectivity index (χ2n) is 6.33. The van der Waals surface area contributed by atoms with E-state index < -0.39 is 0 Å². The second-order valence-corrected chi connectivity index (χ2v) is 6.33. The van der Waals surface area contributed by atoms with E-state index in [-0.39, 0.29) is 5.41 Å². The Morgan fingerprint density at radius 3 is 2.56 bits per heavy atom. The molecule has 3 heteroatoms. The van der Waals surface area contributed by atoms with Gasteiger partial charge in [0.1, 0.15) is 11.6 Å². The highest BCUT2D eigenvalue weighted by atomic mass is 15.0. The maximum absolute atomic E-state index is 4.81. The fraction of sp³-hybridized carbons (Fsp3) is 0.733. The summed E-state index contributed by atoms with van der Waals surface area (Å²) in [6.45, 7) is 12.0. The van der Waals surface area contributed by atoms with Crippen molar-refractivity contribution in [3.05, 3.63) is 17.1 Å². The van der Waals surface area contributed by atoms with Gasteiger partial charge in [-0.1, -0.05) is 27.7 Å². The van der Waals surface area contributed by atoms with E-state index in [4.69, 9.17) is 9.97 Å². The second kappa shape index (κ2) is 4.87. The summed E-state index contributed by atoms with van der Waals surface area (Å²) in [7, 11) is 0. The molecule has 18 heavy (non-hydrogen) atoms. The van der Waals surface area contributed by atoms with Gasteiger partial charge in [-0.05, 0) is 31.6 Å². The molecule has 100 valence electrons. The average molecular weight is 247 g/mol. The molecule has 3 nitrogen and oxygen atoms in total. The first-order valence-corrected chi connectivity index (χ1v) is 7.07. The zero-order valence-corrected chi connectivity index (χ0v) is 12.3. The van der Waals surface area contributed by atoms with Crippen LogP contribution in [-0.2, 0) is 12.8 Å². The third-order valence-corrected chi connectivity index (χ3v) is 3.98. The number of aromatic nitrogens is 2. The van der Waals surface area contributed by atoms with Crippen LogP contribution in [-0.4, -0.2) is 16.5 Å². The molecule has 1 unspecified atom stereocenters. The summed E-state index contributed by atoms with van der Waals surface area (Å²) >= 11 is 0. The molecule has 1 N–H and O–H groups in total. The van der Waals surface area contributed by atoms with Crippen LogP contribution in [0.3, 0.4) is 0 Å². The molecule has 1 atom stereocenters. The summed E-state index contributed by atoms with van der Waals surface area (Å²) in [4.78, 5) is 9.59. The lowest BCUT2D eigenvalue weighted by Gasteiger charge is -2.26. The van der Waals surface area contributed by atoms with Gasteiger partial charge in [-0.3, -0.25) is 0 Å². The molecule has 0 fully saturated rings. The topological polar surface area (TPSA) is 37.8 Å². The Morgan fingerprint density at radius 2 is 1.94 bits per heavy atom. The number of nitrogens with zero attached hydrogens (tertiary/aromatic N) is 2. The minimum Gasteiger partial charge on any atom is -0.370 e. The Labute approximate surface area is 110 Å². The average Bonchev–Trinajstić information content (AvgIpc) is 2.75. The summed E-state index contributed by atoms with van der Waals surface area (Å²) < 4.78 is 0. The molecule has 0 saturated carbocycles. The number of hydrogen-bond donors (Lipinski definition) is 1. The highest BCUT2D eigenvalue weighted by molar-refractivity contribution is 5.49. The van der Waals surface area contributed by atoms with Crippen LogP contribution in [0.2, 0.25) is 0 Å². The number of nitrogens with one attached hydrogen (secondary N) is 1. The van der Waals surface area contributed by atoms with Crippen LogP contribution in [0.25, 0.3) is 0 Å². The molecule has 0 bridgehead atoms. The van der Waals surface area contributed by atoms with E-state index in [1.54, 1.807) is 0 Å². The van der Waals surface area contributed by atoms with Crippen molar-refractivity contribution in [2.45, 2.75) is 59.8 Å². The molecule has 0 radical (unpaired) electrons. The molecule has 1 aromatic heterocycles. The van der Waals surface area contributed by atoms with Crippen LogP contribution < -0.4 is 5.32 Å².